The summed E-state index contributed by atoms with van der Waals surface area (Å²) in [5.74, 6) is 0.0653. The number of hydrogen-bond donors (Lipinski definition) is 1. The topological polar surface area (TPSA) is 29.5 Å². The van der Waals surface area contributed by atoms with Crippen LogP contribution in [0, 0.1) is 5.92 Å². The van der Waals surface area contributed by atoms with Crippen molar-refractivity contribution in [3.63, 3.8) is 0 Å². The van der Waals surface area contributed by atoms with E-state index in [0.29, 0.717) is 6.61 Å². The summed E-state index contributed by atoms with van der Waals surface area (Å²) < 4.78 is 6.58. The summed E-state index contributed by atoms with van der Waals surface area (Å²) >= 11 is 0. The molecular formula is C23H24O2. The summed E-state index contributed by atoms with van der Waals surface area (Å²) in [7, 11) is 0. The largest absolute Gasteiger partial charge is 0.396 e. The summed E-state index contributed by atoms with van der Waals surface area (Å²) in [5.41, 5.74) is 2.54. The van der Waals surface area contributed by atoms with E-state index in [2.05, 4.69) is 36.4 Å². The second kappa shape index (κ2) is 8.11. The zero-order chi connectivity index (χ0) is 17.5. The van der Waals surface area contributed by atoms with E-state index < -0.39 is 5.60 Å². The lowest BCUT2D eigenvalue weighted by Gasteiger charge is -2.36. The van der Waals surface area contributed by atoms with Crippen LogP contribution in [0.25, 0.3) is 0 Å². The molecule has 0 aliphatic heterocycles. The van der Waals surface area contributed by atoms with Gasteiger partial charge < -0.3 is 9.84 Å². The van der Waals surface area contributed by atoms with E-state index in [4.69, 9.17) is 4.74 Å². The SMILES string of the molecule is CC(CO)COC(c1ccccc1)(c1ccccc1)c1ccccc1. The third-order valence-corrected chi connectivity index (χ3v) is 4.44. The Morgan fingerprint density at radius 1 is 0.720 bits per heavy atom. The highest BCUT2D eigenvalue weighted by Gasteiger charge is 2.37. The van der Waals surface area contributed by atoms with Gasteiger partial charge in [0.1, 0.15) is 5.60 Å². The number of rotatable bonds is 7. The van der Waals surface area contributed by atoms with Crippen molar-refractivity contribution >= 4 is 0 Å². The van der Waals surface area contributed by atoms with Crippen molar-refractivity contribution < 1.29 is 9.84 Å². The van der Waals surface area contributed by atoms with E-state index in [-0.39, 0.29) is 12.5 Å². The lowest BCUT2D eigenvalue weighted by Crippen LogP contribution is -2.34. The van der Waals surface area contributed by atoms with E-state index in [1.54, 1.807) is 0 Å². The van der Waals surface area contributed by atoms with Crippen molar-refractivity contribution in [1.29, 1.82) is 0 Å². The first-order valence-corrected chi connectivity index (χ1v) is 8.68. The highest BCUT2D eigenvalue weighted by molar-refractivity contribution is 5.47. The van der Waals surface area contributed by atoms with E-state index >= 15 is 0 Å². The summed E-state index contributed by atoms with van der Waals surface area (Å²) in [6, 6.07) is 30.9. The zero-order valence-electron chi connectivity index (χ0n) is 14.5. The molecule has 1 N–H and O–H groups in total. The number of aliphatic hydroxyl groups excluding tert-OH is 1. The lowest BCUT2D eigenvalue weighted by atomic mass is 9.80. The molecule has 3 rings (SSSR count). The molecule has 1 atom stereocenters. The first-order valence-electron chi connectivity index (χ1n) is 8.68. The molecule has 0 aliphatic rings. The van der Waals surface area contributed by atoms with Crippen LogP contribution in [0.2, 0.25) is 0 Å². The van der Waals surface area contributed by atoms with E-state index in [0.717, 1.165) is 16.7 Å². The second-order valence-electron chi connectivity index (χ2n) is 6.38. The van der Waals surface area contributed by atoms with Gasteiger partial charge in [0, 0.05) is 12.5 Å². The molecule has 0 amide bonds. The Hall–Kier alpha value is -2.42. The van der Waals surface area contributed by atoms with Gasteiger partial charge in [0.05, 0.1) is 6.61 Å². The Morgan fingerprint density at radius 2 is 1.08 bits per heavy atom. The van der Waals surface area contributed by atoms with Crippen LogP contribution >= 0.6 is 0 Å². The average molecular weight is 332 g/mol. The maximum atomic E-state index is 9.46. The molecule has 3 aromatic carbocycles. The molecule has 0 bridgehead atoms. The summed E-state index contributed by atoms with van der Waals surface area (Å²) in [6.45, 7) is 2.56. The predicted octanol–water partition coefficient (Wildman–Crippen LogP) is 4.62. The van der Waals surface area contributed by atoms with E-state index in [9.17, 15) is 5.11 Å². The summed E-state index contributed by atoms with van der Waals surface area (Å²) in [5, 5.41) is 9.46. The predicted molar refractivity (Wildman–Crippen MR) is 101 cm³/mol. The van der Waals surface area contributed by atoms with Gasteiger partial charge in [-0.05, 0) is 16.7 Å². The third kappa shape index (κ3) is 3.65. The van der Waals surface area contributed by atoms with Crippen molar-refractivity contribution in [2.45, 2.75) is 12.5 Å². The van der Waals surface area contributed by atoms with Crippen LogP contribution in [-0.2, 0) is 10.3 Å². The van der Waals surface area contributed by atoms with Crippen LogP contribution in [0.5, 0.6) is 0 Å². The first kappa shape index (κ1) is 17.4. The minimum absolute atomic E-state index is 0.0653. The zero-order valence-corrected chi connectivity index (χ0v) is 14.5. The number of benzene rings is 3. The molecule has 0 fully saturated rings. The summed E-state index contributed by atoms with van der Waals surface area (Å²) in [6.07, 6.45) is 0. The average Bonchev–Trinajstić information content (AvgIpc) is 2.71. The Bertz CT molecular complexity index is 657. The molecule has 0 radical (unpaired) electrons. The van der Waals surface area contributed by atoms with Gasteiger partial charge in [-0.2, -0.15) is 0 Å². The minimum atomic E-state index is -0.701. The van der Waals surface area contributed by atoms with Gasteiger partial charge in [-0.25, -0.2) is 0 Å². The molecule has 2 nitrogen and oxygen atoms in total. The molecule has 0 heterocycles. The highest BCUT2D eigenvalue weighted by Crippen LogP contribution is 2.40. The quantitative estimate of drug-likeness (QED) is 0.640. The fourth-order valence-electron chi connectivity index (χ4n) is 3.09. The molecule has 25 heavy (non-hydrogen) atoms. The van der Waals surface area contributed by atoms with Crippen molar-refractivity contribution in [1.82, 2.24) is 0 Å². The van der Waals surface area contributed by atoms with Crippen LogP contribution in [0.1, 0.15) is 23.6 Å². The van der Waals surface area contributed by atoms with Crippen LogP contribution in [0.15, 0.2) is 91.0 Å². The van der Waals surface area contributed by atoms with Crippen molar-refractivity contribution in [3.8, 4) is 0 Å². The van der Waals surface area contributed by atoms with E-state index in [1.165, 1.54) is 0 Å². The van der Waals surface area contributed by atoms with Crippen LogP contribution in [-0.4, -0.2) is 18.3 Å². The van der Waals surface area contributed by atoms with Gasteiger partial charge in [0.15, 0.2) is 0 Å². The fourth-order valence-corrected chi connectivity index (χ4v) is 3.09. The van der Waals surface area contributed by atoms with Crippen molar-refractivity contribution in [2.24, 2.45) is 5.92 Å². The molecule has 3 aromatic rings. The molecule has 0 saturated heterocycles. The Labute approximate surface area is 149 Å². The smallest absolute Gasteiger partial charge is 0.143 e. The second-order valence-corrected chi connectivity index (χ2v) is 6.38. The Morgan fingerprint density at radius 3 is 1.40 bits per heavy atom. The maximum absolute atomic E-state index is 9.46. The normalized spacial score (nSPS) is 12.7. The van der Waals surface area contributed by atoms with Crippen LogP contribution in [0.4, 0.5) is 0 Å². The Balaban J connectivity index is 2.20. The molecule has 2 heteroatoms. The van der Waals surface area contributed by atoms with Crippen molar-refractivity contribution in [3.05, 3.63) is 108 Å². The van der Waals surface area contributed by atoms with Gasteiger partial charge in [-0.15, -0.1) is 0 Å². The molecule has 0 aromatic heterocycles. The first-order chi connectivity index (χ1) is 12.3. The van der Waals surface area contributed by atoms with Gasteiger partial charge in [0.25, 0.3) is 0 Å². The molecule has 1 unspecified atom stereocenters. The van der Waals surface area contributed by atoms with Gasteiger partial charge in [-0.3, -0.25) is 0 Å². The van der Waals surface area contributed by atoms with Gasteiger partial charge in [0.2, 0.25) is 0 Å². The molecule has 0 aliphatic carbocycles. The minimum Gasteiger partial charge on any atom is -0.396 e. The lowest BCUT2D eigenvalue weighted by molar-refractivity contribution is -0.0145. The van der Waals surface area contributed by atoms with E-state index in [1.807, 2.05) is 61.5 Å². The summed E-state index contributed by atoms with van der Waals surface area (Å²) in [4.78, 5) is 0. The van der Waals surface area contributed by atoms with Crippen LogP contribution in [0.3, 0.4) is 0 Å². The standard InChI is InChI=1S/C23H24O2/c1-19(17-24)18-25-23(20-11-5-2-6-12-20,21-13-7-3-8-14-21)22-15-9-4-10-16-22/h2-16,19,24H,17-18H2,1H3. The number of ether oxygens (including phenoxy) is 1. The monoisotopic (exact) mass is 332 g/mol. The molecular weight excluding hydrogens is 308 g/mol. The van der Waals surface area contributed by atoms with Crippen molar-refractivity contribution in [2.75, 3.05) is 13.2 Å². The van der Waals surface area contributed by atoms with Crippen LogP contribution < -0.4 is 0 Å². The number of hydrogen-bond acceptors (Lipinski definition) is 2. The fraction of sp³-hybridized carbons (Fsp3) is 0.217. The van der Waals surface area contributed by atoms with Gasteiger partial charge in [-0.1, -0.05) is 97.9 Å². The van der Waals surface area contributed by atoms with Gasteiger partial charge >= 0.3 is 0 Å². The number of aliphatic hydroxyl groups is 1. The Kier molecular flexibility index (Phi) is 5.64. The molecule has 0 saturated carbocycles. The molecule has 0 spiro atoms. The maximum Gasteiger partial charge on any atom is 0.143 e. The molecule has 128 valence electrons. The third-order valence-electron chi connectivity index (χ3n) is 4.44. The highest BCUT2D eigenvalue weighted by atomic mass is 16.5.